The van der Waals surface area contributed by atoms with E-state index in [0.717, 1.165) is 42.9 Å². The molecule has 0 saturated carbocycles. The van der Waals surface area contributed by atoms with Crippen molar-refractivity contribution in [1.29, 1.82) is 0 Å². The number of benzene rings is 3. The Bertz CT molecular complexity index is 1480. The molecule has 1 amide bonds. The zero-order chi connectivity index (χ0) is 32.6. The minimum atomic E-state index is -1.22. The van der Waals surface area contributed by atoms with Crippen LogP contribution in [0.3, 0.4) is 0 Å². The maximum Gasteiger partial charge on any atom is 0.306 e. The van der Waals surface area contributed by atoms with Gasteiger partial charge in [0, 0.05) is 33.4 Å². The summed E-state index contributed by atoms with van der Waals surface area (Å²) < 4.78 is 18.4. The molecule has 0 fully saturated rings. The summed E-state index contributed by atoms with van der Waals surface area (Å²) in [5.74, 6) is -0.567. The van der Waals surface area contributed by atoms with E-state index >= 15 is 0 Å². The highest BCUT2D eigenvalue weighted by Gasteiger charge is 2.40. The molecular formula is C35H43Cl3N2O6. The second kappa shape index (κ2) is 17.2. The summed E-state index contributed by atoms with van der Waals surface area (Å²) in [4.78, 5) is 27.3. The second-order valence-corrected chi connectivity index (χ2v) is 13.2. The number of hydrogen-bond donors (Lipinski definition) is 2. The number of rotatable bonds is 14. The zero-order valence-electron chi connectivity index (χ0n) is 26.7. The van der Waals surface area contributed by atoms with Crippen LogP contribution < -0.4 is 19.7 Å². The molecule has 0 aromatic heterocycles. The molecule has 1 aliphatic rings. The number of nitrogens with one attached hydrogen (secondary N) is 1. The van der Waals surface area contributed by atoms with Gasteiger partial charge >= 0.3 is 5.97 Å². The SMILES string of the molecule is COc1c(OCCCNCCCc2ccccc2Cl)cccc1C1OC(CC(=O)O)C(=O)N(CC(C)(C)C)c2ccc(Cl)cc21.Cl. The molecule has 3 aromatic rings. The molecule has 0 aliphatic carbocycles. The van der Waals surface area contributed by atoms with Gasteiger partial charge in [-0.05, 0) is 73.7 Å². The third-order valence-electron chi connectivity index (χ3n) is 7.41. The van der Waals surface area contributed by atoms with Gasteiger partial charge in [-0.3, -0.25) is 9.59 Å². The summed E-state index contributed by atoms with van der Waals surface area (Å²) in [6.45, 7) is 8.52. The molecule has 2 N–H and O–H groups in total. The number of anilines is 1. The van der Waals surface area contributed by atoms with Crippen LogP contribution in [0.5, 0.6) is 11.5 Å². The fourth-order valence-electron chi connectivity index (χ4n) is 5.42. The monoisotopic (exact) mass is 692 g/mol. The average molecular weight is 694 g/mol. The standard InChI is InChI=1S/C35H42Cl2N2O6.ClH/c1-35(2,3)22-39-28-16-15-24(36)20-26(28)32(45-30(34(39)42)21-31(40)41)25-12-7-14-29(33(25)43-4)44-19-9-18-38-17-8-11-23-10-5-6-13-27(23)37;/h5-7,10,12-16,20,30,32,38H,8-9,11,17-19,21-22H2,1-4H3,(H,40,41);1H. The highest BCUT2D eigenvalue weighted by molar-refractivity contribution is 6.31. The van der Waals surface area contributed by atoms with Crippen LogP contribution in [0.4, 0.5) is 5.69 Å². The van der Waals surface area contributed by atoms with E-state index < -0.39 is 30.5 Å². The summed E-state index contributed by atoms with van der Waals surface area (Å²) in [5, 5.41) is 14.4. The van der Waals surface area contributed by atoms with Gasteiger partial charge in [-0.15, -0.1) is 12.4 Å². The van der Waals surface area contributed by atoms with Crippen molar-refractivity contribution < 1.29 is 28.9 Å². The van der Waals surface area contributed by atoms with E-state index in [-0.39, 0.29) is 17.8 Å². The topological polar surface area (TPSA) is 97.3 Å². The van der Waals surface area contributed by atoms with Crippen LogP contribution in [-0.4, -0.2) is 56.4 Å². The van der Waals surface area contributed by atoms with Crippen molar-refractivity contribution in [1.82, 2.24) is 5.32 Å². The van der Waals surface area contributed by atoms with Crippen molar-refractivity contribution in [3.8, 4) is 11.5 Å². The second-order valence-electron chi connectivity index (χ2n) is 12.3. The number of fused-ring (bicyclic) bond motifs is 1. The number of methoxy groups -OCH3 is 1. The quantitative estimate of drug-likeness (QED) is 0.167. The van der Waals surface area contributed by atoms with E-state index in [1.54, 1.807) is 30.2 Å². The molecule has 0 bridgehead atoms. The minimum Gasteiger partial charge on any atom is -0.492 e. The van der Waals surface area contributed by atoms with Crippen LogP contribution in [0.15, 0.2) is 60.7 Å². The van der Waals surface area contributed by atoms with Crippen molar-refractivity contribution in [3.63, 3.8) is 0 Å². The van der Waals surface area contributed by atoms with Gasteiger partial charge < -0.3 is 29.5 Å². The molecule has 250 valence electrons. The Morgan fingerprint density at radius 1 is 1.02 bits per heavy atom. The van der Waals surface area contributed by atoms with Crippen LogP contribution in [0.2, 0.25) is 10.0 Å². The Morgan fingerprint density at radius 3 is 2.46 bits per heavy atom. The number of nitrogens with zero attached hydrogens (tertiary/aromatic N) is 1. The number of ether oxygens (including phenoxy) is 3. The number of aliphatic carboxylic acids is 1. The fraction of sp³-hybridized carbons (Fsp3) is 0.429. The van der Waals surface area contributed by atoms with Crippen LogP contribution in [0.25, 0.3) is 0 Å². The van der Waals surface area contributed by atoms with Crippen molar-refractivity contribution in [3.05, 3.63) is 87.4 Å². The molecule has 11 heteroatoms. The molecule has 8 nitrogen and oxygen atoms in total. The number of carbonyl (C=O) groups excluding carboxylic acids is 1. The van der Waals surface area contributed by atoms with E-state index in [0.29, 0.717) is 46.5 Å². The normalized spacial score (nSPS) is 16.3. The molecular weight excluding hydrogens is 651 g/mol. The van der Waals surface area contributed by atoms with Gasteiger partial charge in [0.25, 0.3) is 5.91 Å². The third-order valence-corrected chi connectivity index (χ3v) is 8.01. The van der Waals surface area contributed by atoms with Gasteiger partial charge in [0.15, 0.2) is 11.5 Å². The molecule has 0 spiro atoms. The lowest BCUT2D eigenvalue weighted by atomic mass is 9.94. The fourth-order valence-corrected chi connectivity index (χ4v) is 5.83. The zero-order valence-corrected chi connectivity index (χ0v) is 29.0. The number of carboxylic acids is 1. The number of carbonyl (C=O) groups is 2. The van der Waals surface area contributed by atoms with E-state index in [1.807, 2.05) is 57.2 Å². The Kier molecular flexibility index (Phi) is 14.0. The maximum atomic E-state index is 13.8. The summed E-state index contributed by atoms with van der Waals surface area (Å²) >= 11 is 12.7. The van der Waals surface area contributed by atoms with E-state index in [1.165, 1.54) is 0 Å². The highest BCUT2D eigenvalue weighted by Crippen LogP contribution is 2.45. The molecule has 0 radical (unpaired) electrons. The van der Waals surface area contributed by atoms with E-state index in [4.69, 9.17) is 37.4 Å². The number of carboxylic acid groups (broad SMARTS) is 1. The summed E-state index contributed by atoms with van der Waals surface area (Å²) in [5.41, 5.74) is 2.75. The smallest absolute Gasteiger partial charge is 0.306 e. The summed E-state index contributed by atoms with van der Waals surface area (Å²) in [7, 11) is 1.55. The average Bonchev–Trinajstić information content (AvgIpc) is 3.08. The first-order chi connectivity index (χ1) is 21.5. The number of aryl methyl sites for hydroxylation is 1. The molecule has 2 atom stereocenters. The Hall–Kier alpha value is -3.01. The van der Waals surface area contributed by atoms with Crippen LogP contribution in [0, 0.1) is 5.41 Å². The van der Waals surface area contributed by atoms with E-state index in [2.05, 4.69) is 11.4 Å². The predicted octanol–water partition coefficient (Wildman–Crippen LogP) is 7.76. The highest BCUT2D eigenvalue weighted by atomic mass is 35.5. The molecule has 3 aromatic carbocycles. The van der Waals surface area contributed by atoms with E-state index in [9.17, 15) is 14.7 Å². The van der Waals surface area contributed by atoms with Crippen LogP contribution in [0.1, 0.15) is 62.8 Å². The van der Waals surface area contributed by atoms with Crippen LogP contribution >= 0.6 is 35.6 Å². The van der Waals surface area contributed by atoms with Gasteiger partial charge in [0.2, 0.25) is 0 Å². The summed E-state index contributed by atoms with van der Waals surface area (Å²) in [6, 6.07) is 18.7. The van der Waals surface area contributed by atoms with Gasteiger partial charge in [-0.2, -0.15) is 0 Å². The van der Waals surface area contributed by atoms with Crippen molar-refractivity contribution in [2.75, 3.05) is 38.3 Å². The molecule has 46 heavy (non-hydrogen) atoms. The Labute approximate surface area is 287 Å². The maximum absolute atomic E-state index is 13.8. The minimum absolute atomic E-state index is 0. The Balaban J connectivity index is 0.00000576. The Morgan fingerprint density at radius 2 is 1.76 bits per heavy atom. The number of para-hydroxylation sites is 1. The molecule has 0 saturated heterocycles. The molecule has 1 heterocycles. The number of halogens is 3. The largest absolute Gasteiger partial charge is 0.492 e. The third kappa shape index (κ3) is 9.99. The first kappa shape index (κ1) is 37.4. The van der Waals surface area contributed by atoms with Crippen LogP contribution in [-0.2, 0) is 20.7 Å². The lowest BCUT2D eigenvalue weighted by Gasteiger charge is -2.31. The summed E-state index contributed by atoms with van der Waals surface area (Å²) in [6.07, 6.45) is 0.120. The first-order valence-electron chi connectivity index (χ1n) is 15.2. The van der Waals surface area contributed by atoms with Crippen molar-refractivity contribution >= 4 is 53.2 Å². The molecule has 2 unspecified atom stereocenters. The van der Waals surface area contributed by atoms with Crippen molar-refractivity contribution in [2.45, 2.75) is 58.7 Å². The number of hydrogen-bond acceptors (Lipinski definition) is 6. The lowest BCUT2D eigenvalue weighted by Crippen LogP contribution is -2.44. The number of amides is 1. The first-order valence-corrected chi connectivity index (χ1v) is 16.0. The van der Waals surface area contributed by atoms with Crippen molar-refractivity contribution in [2.24, 2.45) is 5.41 Å². The van der Waals surface area contributed by atoms with Gasteiger partial charge in [0.1, 0.15) is 12.2 Å². The predicted molar refractivity (Wildman–Crippen MR) is 185 cm³/mol. The van der Waals surface area contributed by atoms with Gasteiger partial charge in [-0.1, -0.05) is 74.3 Å². The lowest BCUT2D eigenvalue weighted by molar-refractivity contribution is -0.147. The van der Waals surface area contributed by atoms with Gasteiger partial charge in [-0.25, -0.2) is 0 Å². The molecule has 4 rings (SSSR count). The van der Waals surface area contributed by atoms with Gasteiger partial charge in [0.05, 0.1) is 20.1 Å². The molecule has 1 aliphatic heterocycles.